The molecular formula is C15H20N4. The average Bonchev–Trinajstić information content (AvgIpc) is 2.99. The highest BCUT2D eigenvalue weighted by molar-refractivity contribution is 5.74. The fraction of sp³-hybridized carbons (Fsp3) is 0.467. The van der Waals surface area contributed by atoms with Crippen LogP contribution in [0.2, 0.25) is 0 Å². The van der Waals surface area contributed by atoms with Crippen LogP contribution in [0.1, 0.15) is 37.8 Å². The molecule has 4 rings (SSSR count). The van der Waals surface area contributed by atoms with Crippen LogP contribution in [0.5, 0.6) is 0 Å². The molecule has 1 aromatic rings. The van der Waals surface area contributed by atoms with Crippen LogP contribution in [0, 0.1) is 14.1 Å². The first-order valence-electron chi connectivity index (χ1n) is 7.13. The van der Waals surface area contributed by atoms with Crippen LogP contribution in [0.15, 0.2) is 18.1 Å². The smallest absolute Gasteiger partial charge is 0.230 e. The Morgan fingerprint density at radius 1 is 1.11 bits per heavy atom. The molecule has 2 aliphatic heterocycles. The number of nitrogens with one attached hydrogen (secondary N) is 2. The Morgan fingerprint density at radius 2 is 1.84 bits per heavy atom. The average molecular weight is 256 g/mol. The van der Waals surface area contributed by atoms with Gasteiger partial charge in [0.05, 0.1) is 17.3 Å². The van der Waals surface area contributed by atoms with Gasteiger partial charge in [0.15, 0.2) is 5.69 Å². The quantitative estimate of drug-likeness (QED) is 0.636. The molecule has 1 fully saturated rings. The highest BCUT2D eigenvalue weighted by atomic mass is 15.3. The number of hydrogen-bond acceptors (Lipinski definition) is 2. The van der Waals surface area contributed by atoms with E-state index in [0.717, 1.165) is 29.4 Å². The molecule has 4 heteroatoms. The molecule has 0 amide bonds. The molecule has 2 N–H and O–H groups in total. The zero-order valence-corrected chi connectivity index (χ0v) is 11.2. The Balaban J connectivity index is 1.80. The minimum absolute atomic E-state index is 0.345. The molecule has 0 radical (unpaired) electrons. The molecule has 1 spiro atoms. The normalized spacial score (nSPS) is 31.7. The largest absolute Gasteiger partial charge is 0.455 e. The molecule has 4 nitrogen and oxygen atoms in total. The summed E-state index contributed by atoms with van der Waals surface area (Å²) in [4.78, 5) is 11.5. The molecule has 0 bridgehead atoms. The number of rotatable bonds is 0. The molecule has 2 unspecified atom stereocenters. The number of fused-ring (bicyclic) bond motifs is 2. The maximum absolute atomic E-state index is 4.56. The van der Waals surface area contributed by atoms with Crippen molar-refractivity contribution in [1.29, 1.82) is 0 Å². The second-order valence-corrected chi connectivity index (χ2v) is 6.13. The van der Waals surface area contributed by atoms with Crippen molar-refractivity contribution >= 4 is 11.4 Å². The SMILES string of the molecule is [CH2-][NH+]1C2=C(CC3(CCCC3)[NH+]([CH2-])C2)c2nccnc21. The third-order valence-electron chi connectivity index (χ3n) is 5.21. The molecular weight excluding hydrogens is 236 g/mol. The predicted octanol–water partition coefficient (Wildman–Crippen LogP) is -0.0977. The zero-order valence-electron chi connectivity index (χ0n) is 11.2. The van der Waals surface area contributed by atoms with Gasteiger partial charge in [-0.1, -0.05) is 0 Å². The van der Waals surface area contributed by atoms with Crippen molar-refractivity contribution < 1.29 is 9.80 Å². The molecule has 1 aromatic heterocycles. The number of quaternary nitrogens is 2. The summed E-state index contributed by atoms with van der Waals surface area (Å²) in [6.07, 6.45) is 9.95. The fourth-order valence-electron chi connectivity index (χ4n) is 4.10. The van der Waals surface area contributed by atoms with E-state index in [4.69, 9.17) is 0 Å². The van der Waals surface area contributed by atoms with Crippen molar-refractivity contribution in [2.24, 2.45) is 0 Å². The van der Waals surface area contributed by atoms with Gasteiger partial charge >= 0.3 is 0 Å². The van der Waals surface area contributed by atoms with E-state index in [1.54, 1.807) is 12.4 Å². The third-order valence-corrected chi connectivity index (χ3v) is 5.21. The van der Waals surface area contributed by atoms with Gasteiger partial charge in [-0.3, -0.25) is 0 Å². The van der Waals surface area contributed by atoms with Crippen molar-refractivity contribution in [3.8, 4) is 0 Å². The van der Waals surface area contributed by atoms with Crippen molar-refractivity contribution in [3.63, 3.8) is 0 Å². The summed E-state index contributed by atoms with van der Waals surface area (Å²) >= 11 is 0. The fourth-order valence-corrected chi connectivity index (χ4v) is 4.10. The van der Waals surface area contributed by atoms with Gasteiger partial charge in [-0.15, -0.1) is 14.1 Å². The number of hydrogen-bond donors (Lipinski definition) is 2. The Bertz CT molecular complexity index is 557. The second-order valence-electron chi connectivity index (χ2n) is 6.13. The van der Waals surface area contributed by atoms with Crippen LogP contribution in [0.3, 0.4) is 0 Å². The molecule has 100 valence electrons. The summed E-state index contributed by atoms with van der Waals surface area (Å²) in [6.45, 7) is 0.978. The number of aromatic nitrogens is 2. The molecule has 0 saturated heterocycles. The van der Waals surface area contributed by atoms with Gasteiger partial charge in [0, 0.05) is 25.5 Å². The summed E-state index contributed by atoms with van der Waals surface area (Å²) in [6, 6.07) is 0. The predicted molar refractivity (Wildman–Crippen MR) is 71.9 cm³/mol. The summed E-state index contributed by atoms with van der Waals surface area (Å²) < 4.78 is 0. The van der Waals surface area contributed by atoms with Gasteiger partial charge in [-0.05, 0) is 12.8 Å². The van der Waals surface area contributed by atoms with Gasteiger partial charge in [-0.25, -0.2) is 9.97 Å². The standard InChI is InChI=1S/C15H20N4/c1-18-10-12-11(9-15(18)5-3-4-6-15)13-14(19(12)2)17-8-7-16-13/h7-8,18-19H,1-6,9-10H2. The van der Waals surface area contributed by atoms with Gasteiger partial charge in [0.2, 0.25) is 5.82 Å². The number of nitrogens with zero attached hydrogens (tertiary/aromatic N) is 2. The van der Waals surface area contributed by atoms with Crippen LogP contribution < -0.4 is 9.80 Å². The van der Waals surface area contributed by atoms with E-state index in [9.17, 15) is 0 Å². The lowest BCUT2D eigenvalue weighted by atomic mass is 9.83. The third kappa shape index (κ3) is 1.47. The van der Waals surface area contributed by atoms with Crippen molar-refractivity contribution in [1.82, 2.24) is 9.97 Å². The first-order chi connectivity index (χ1) is 9.21. The minimum atomic E-state index is 0.345. The maximum atomic E-state index is 4.56. The highest BCUT2D eigenvalue weighted by Crippen LogP contribution is 2.40. The lowest BCUT2D eigenvalue weighted by Crippen LogP contribution is -3.19. The first-order valence-corrected chi connectivity index (χ1v) is 7.13. The lowest BCUT2D eigenvalue weighted by molar-refractivity contribution is -0.922. The molecule has 1 saturated carbocycles. The van der Waals surface area contributed by atoms with Crippen molar-refractivity contribution in [2.75, 3.05) is 6.54 Å². The van der Waals surface area contributed by atoms with Gasteiger partial charge in [-0.2, -0.15) is 0 Å². The molecule has 2 atom stereocenters. The van der Waals surface area contributed by atoms with E-state index in [1.165, 1.54) is 41.9 Å². The van der Waals surface area contributed by atoms with Gasteiger partial charge < -0.3 is 9.80 Å². The van der Waals surface area contributed by atoms with Crippen molar-refractivity contribution in [3.05, 3.63) is 37.9 Å². The first kappa shape index (κ1) is 11.6. The van der Waals surface area contributed by atoms with E-state index < -0.39 is 0 Å². The monoisotopic (exact) mass is 256 g/mol. The lowest BCUT2D eigenvalue weighted by Gasteiger charge is -2.44. The van der Waals surface area contributed by atoms with E-state index >= 15 is 0 Å². The molecule has 0 aromatic carbocycles. The van der Waals surface area contributed by atoms with Crippen LogP contribution >= 0.6 is 0 Å². The summed E-state index contributed by atoms with van der Waals surface area (Å²) in [5.74, 6) is 0.996. The molecule has 19 heavy (non-hydrogen) atoms. The van der Waals surface area contributed by atoms with Crippen LogP contribution in [-0.4, -0.2) is 22.1 Å². The molecule has 3 aliphatic rings. The van der Waals surface area contributed by atoms with Crippen LogP contribution in [0.25, 0.3) is 5.57 Å². The Labute approximate surface area is 114 Å². The van der Waals surface area contributed by atoms with Gasteiger partial charge in [0.25, 0.3) is 0 Å². The van der Waals surface area contributed by atoms with Crippen LogP contribution in [0.4, 0.5) is 5.82 Å². The van der Waals surface area contributed by atoms with E-state index in [2.05, 4.69) is 24.1 Å². The summed E-state index contributed by atoms with van der Waals surface area (Å²) in [7, 11) is 8.62. The maximum Gasteiger partial charge on any atom is 0.230 e. The minimum Gasteiger partial charge on any atom is -0.455 e. The molecule has 3 heterocycles. The Morgan fingerprint density at radius 3 is 2.63 bits per heavy atom. The van der Waals surface area contributed by atoms with E-state index in [-0.39, 0.29) is 0 Å². The Hall–Kier alpha value is -1.26. The Kier molecular flexibility index (Phi) is 2.35. The summed E-state index contributed by atoms with van der Waals surface area (Å²) in [5.41, 5.74) is 4.19. The molecule has 1 aliphatic carbocycles. The zero-order chi connectivity index (χ0) is 13.0. The summed E-state index contributed by atoms with van der Waals surface area (Å²) in [5, 5.41) is 0. The van der Waals surface area contributed by atoms with Gasteiger partial charge in [0.1, 0.15) is 12.2 Å². The van der Waals surface area contributed by atoms with E-state index in [1.807, 2.05) is 0 Å². The second kappa shape index (κ2) is 3.87. The van der Waals surface area contributed by atoms with Crippen LogP contribution in [-0.2, 0) is 0 Å². The topological polar surface area (TPSA) is 34.7 Å². The van der Waals surface area contributed by atoms with E-state index in [0.29, 0.717) is 5.54 Å². The van der Waals surface area contributed by atoms with Crippen molar-refractivity contribution in [2.45, 2.75) is 37.6 Å². The highest BCUT2D eigenvalue weighted by Gasteiger charge is 2.48.